The van der Waals surface area contributed by atoms with Gasteiger partial charge in [-0.2, -0.15) is 0 Å². The zero-order valence-electron chi connectivity index (χ0n) is 14.4. The number of para-hydroxylation sites is 1. The Labute approximate surface area is 142 Å². The molecule has 0 fully saturated rings. The molecule has 4 nitrogen and oxygen atoms in total. The van der Waals surface area contributed by atoms with Crippen LogP contribution in [-0.4, -0.2) is 23.8 Å². The van der Waals surface area contributed by atoms with E-state index >= 15 is 0 Å². The summed E-state index contributed by atoms with van der Waals surface area (Å²) in [6.07, 6.45) is 1.75. The van der Waals surface area contributed by atoms with E-state index in [1.165, 1.54) is 6.92 Å². The molecule has 1 N–H and O–H groups in total. The van der Waals surface area contributed by atoms with Crippen LogP contribution in [0.2, 0.25) is 0 Å². The molecular formula is C20H22O4. The van der Waals surface area contributed by atoms with E-state index in [9.17, 15) is 9.90 Å². The normalized spacial score (nSPS) is 12.0. The summed E-state index contributed by atoms with van der Waals surface area (Å²) in [5.41, 5.74) is 1.37. The van der Waals surface area contributed by atoms with E-state index in [4.69, 9.17) is 9.47 Å². The first-order valence-corrected chi connectivity index (χ1v) is 7.67. The summed E-state index contributed by atoms with van der Waals surface area (Å²) in [6.45, 7) is 4.76. The average Bonchev–Trinajstić information content (AvgIpc) is 2.52. The summed E-state index contributed by atoms with van der Waals surface area (Å²) in [7, 11) is 1.61. The molecule has 24 heavy (non-hydrogen) atoms. The highest BCUT2D eigenvalue weighted by Crippen LogP contribution is 2.33. The van der Waals surface area contributed by atoms with Crippen LogP contribution in [0.5, 0.6) is 11.5 Å². The van der Waals surface area contributed by atoms with Gasteiger partial charge in [0.15, 0.2) is 0 Å². The summed E-state index contributed by atoms with van der Waals surface area (Å²) < 4.78 is 10.5. The molecule has 2 aromatic carbocycles. The molecule has 0 aromatic heterocycles. The molecule has 2 rings (SSSR count). The van der Waals surface area contributed by atoms with Gasteiger partial charge in [-0.15, -0.1) is 0 Å². The Balaban J connectivity index is 2.59. The molecule has 126 valence electrons. The first-order valence-electron chi connectivity index (χ1n) is 7.67. The second-order valence-electron chi connectivity index (χ2n) is 6.03. The summed E-state index contributed by atoms with van der Waals surface area (Å²) in [5, 5.41) is 10.3. The molecule has 0 aliphatic rings. The molecular weight excluding hydrogens is 304 g/mol. The van der Waals surface area contributed by atoms with Crippen LogP contribution in [-0.2, 0) is 4.79 Å². The average molecular weight is 326 g/mol. The minimum atomic E-state index is -1.03. The number of hydrogen-bond acceptors (Lipinski definition) is 4. The number of carbonyl (C=O) groups is 1. The van der Waals surface area contributed by atoms with E-state index in [0.29, 0.717) is 5.75 Å². The van der Waals surface area contributed by atoms with Crippen molar-refractivity contribution in [3.8, 4) is 11.5 Å². The van der Waals surface area contributed by atoms with Gasteiger partial charge in [0.05, 0.1) is 12.7 Å². The molecule has 2 aromatic rings. The Kier molecular flexibility index (Phi) is 5.42. The number of hydrogen-bond donors (Lipinski definition) is 1. The third-order valence-corrected chi connectivity index (χ3v) is 3.33. The van der Waals surface area contributed by atoms with Gasteiger partial charge in [-0.05, 0) is 49.3 Å². The number of esters is 1. The van der Waals surface area contributed by atoms with Crippen LogP contribution in [0, 0.1) is 0 Å². The molecule has 0 aliphatic carbocycles. The monoisotopic (exact) mass is 326 g/mol. The lowest BCUT2D eigenvalue weighted by atomic mass is 9.92. The summed E-state index contributed by atoms with van der Waals surface area (Å²) in [5.74, 6) is 0.811. The molecule has 0 amide bonds. The van der Waals surface area contributed by atoms with Crippen LogP contribution in [0.3, 0.4) is 0 Å². The Morgan fingerprint density at radius 3 is 2.25 bits per heavy atom. The number of aliphatic hydroxyl groups is 1. The van der Waals surface area contributed by atoms with Gasteiger partial charge in [-0.3, -0.25) is 4.79 Å². The van der Waals surface area contributed by atoms with Crippen molar-refractivity contribution in [2.24, 2.45) is 0 Å². The summed E-state index contributed by atoms with van der Waals surface area (Å²) >= 11 is 0. The number of ether oxygens (including phenoxy) is 2. The van der Waals surface area contributed by atoms with Crippen molar-refractivity contribution in [1.82, 2.24) is 0 Å². The van der Waals surface area contributed by atoms with Crippen LogP contribution >= 0.6 is 0 Å². The molecule has 0 unspecified atom stereocenters. The highest BCUT2D eigenvalue weighted by molar-refractivity contribution is 5.85. The molecule has 0 radical (unpaired) electrons. The van der Waals surface area contributed by atoms with E-state index in [0.717, 1.165) is 22.4 Å². The molecule has 0 saturated heterocycles. The van der Waals surface area contributed by atoms with Crippen LogP contribution in [0.4, 0.5) is 0 Å². The summed E-state index contributed by atoms with van der Waals surface area (Å²) in [4.78, 5) is 11.4. The van der Waals surface area contributed by atoms with Crippen LogP contribution < -0.4 is 9.47 Å². The topological polar surface area (TPSA) is 55.8 Å². The fourth-order valence-electron chi connectivity index (χ4n) is 2.37. The van der Waals surface area contributed by atoms with Crippen LogP contribution in [0.1, 0.15) is 31.9 Å². The lowest BCUT2D eigenvalue weighted by molar-refractivity contribution is -0.131. The SMILES string of the molecule is COc1ccc(/C(=C\C(C)(C)O)c2ccccc2OC(C)=O)cc1. The van der Waals surface area contributed by atoms with Gasteiger partial charge in [0.1, 0.15) is 11.5 Å². The van der Waals surface area contributed by atoms with Gasteiger partial charge in [0.25, 0.3) is 0 Å². The van der Waals surface area contributed by atoms with Gasteiger partial charge in [-0.1, -0.05) is 30.3 Å². The Morgan fingerprint density at radius 1 is 1.08 bits per heavy atom. The van der Waals surface area contributed by atoms with Gasteiger partial charge in [0.2, 0.25) is 0 Å². The Bertz CT molecular complexity index is 737. The van der Waals surface area contributed by atoms with Gasteiger partial charge in [-0.25, -0.2) is 0 Å². The Morgan fingerprint density at radius 2 is 1.71 bits per heavy atom. The third-order valence-electron chi connectivity index (χ3n) is 3.33. The van der Waals surface area contributed by atoms with Gasteiger partial charge >= 0.3 is 5.97 Å². The highest BCUT2D eigenvalue weighted by Gasteiger charge is 2.17. The number of rotatable bonds is 5. The second kappa shape index (κ2) is 7.32. The lowest BCUT2D eigenvalue weighted by Crippen LogP contribution is -2.15. The number of carbonyl (C=O) groups excluding carboxylic acids is 1. The zero-order chi connectivity index (χ0) is 17.7. The zero-order valence-corrected chi connectivity index (χ0v) is 14.4. The molecule has 0 spiro atoms. The number of benzene rings is 2. The van der Waals surface area contributed by atoms with E-state index in [1.807, 2.05) is 36.4 Å². The van der Waals surface area contributed by atoms with Crippen molar-refractivity contribution in [2.45, 2.75) is 26.4 Å². The van der Waals surface area contributed by atoms with Gasteiger partial charge in [0, 0.05) is 12.5 Å². The maximum atomic E-state index is 11.4. The van der Waals surface area contributed by atoms with Crippen molar-refractivity contribution in [3.05, 3.63) is 65.7 Å². The predicted octanol–water partition coefficient (Wildman–Crippen LogP) is 3.82. The van der Waals surface area contributed by atoms with Crippen molar-refractivity contribution >= 4 is 11.5 Å². The van der Waals surface area contributed by atoms with Gasteiger partial charge < -0.3 is 14.6 Å². The fourth-order valence-corrected chi connectivity index (χ4v) is 2.37. The Hall–Kier alpha value is -2.59. The standard InChI is InChI=1S/C20H22O4/c1-14(21)24-19-8-6-5-7-17(19)18(13-20(2,3)22)15-9-11-16(23-4)12-10-15/h5-13,22H,1-4H3/b18-13+. The molecule has 0 aliphatic heterocycles. The lowest BCUT2D eigenvalue weighted by Gasteiger charge is -2.18. The molecule has 0 saturated carbocycles. The van der Waals surface area contributed by atoms with E-state index in [2.05, 4.69) is 0 Å². The third kappa shape index (κ3) is 4.70. The molecule has 0 atom stereocenters. The maximum absolute atomic E-state index is 11.4. The second-order valence-corrected chi connectivity index (χ2v) is 6.03. The van der Waals surface area contributed by atoms with Crippen molar-refractivity contribution in [3.63, 3.8) is 0 Å². The van der Waals surface area contributed by atoms with E-state index in [1.54, 1.807) is 39.2 Å². The van der Waals surface area contributed by atoms with Crippen molar-refractivity contribution in [2.75, 3.05) is 7.11 Å². The minimum Gasteiger partial charge on any atom is -0.497 e. The fraction of sp³-hybridized carbons (Fsp3) is 0.250. The maximum Gasteiger partial charge on any atom is 0.308 e. The van der Waals surface area contributed by atoms with E-state index < -0.39 is 5.60 Å². The van der Waals surface area contributed by atoms with E-state index in [-0.39, 0.29) is 5.97 Å². The van der Waals surface area contributed by atoms with Crippen LogP contribution in [0.15, 0.2) is 54.6 Å². The molecule has 0 heterocycles. The van der Waals surface area contributed by atoms with Crippen LogP contribution in [0.25, 0.3) is 5.57 Å². The highest BCUT2D eigenvalue weighted by atomic mass is 16.5. The predicted molar refractivity (Wildman–Crippen MR) is 94.1 cm³/mol. The quantitative estimate of drug-likeness (QED) is 0.670. The minimum absolute atomic E-state index is 0.389. The smallest absolute Gasteiger partial charge is 0.308 e. The molecule has 0 bridgehead atoms. The first-order chi connectivity index (χ1) is 11.3. The molecule has 4 heteroatoms. The first kappa shape index (κ1) is 17.8. The van der Waals surface area contributed by atoms with Crippen molar-refractivity contribution in [1.29, 1.82) is 0 Å². The number of methoxy groups -OCH3 is 1. The summed E-state index contributed by atoms with van der Waals surface area (Å²) in [6, 6.07) is 14.8. The largest absolute Gasteiger partial charge is 0.497 e. The van der Waals surface area contributed by atoms with Crippen molar-refractivity contribution < 1.29 is 19.4 Å².